The third-order valence-corrected chi connectivity index (χ3v) is 8.06. The number of hydrogen-bond donors (Lipinski definition) is 0. The first-order chi connectivity index (χ1) is 19.3. The Morgan fingerprint density at radius 3 is 2.62 bits per heavy atom. The van der Waals surface area contributed by atoms with Crippen molar-refractivity contribution in [2.45, 2.75) is 12.6 Å². The molecule has 0 spiro atoms. The molecule has 1 aliphatic rings. The van der Waals surface area contributed by atoms with Crippen molar-refractivity contribution in [1.82, 2.24) is 9.88 Å². The molecule has 1 fully saturated rings. The Balaban J connectivity index is 1.41. The number of ether oxygens (including phenoxy) is 1. The van der Waals surface area contributed by atoms with E-state index < -0.39 is 23.3 Å². The van der Waals surface area contributed by atoms with Crippen LogP contribution in [0.4, 0.5) is 18.3 Å². The third kappa shape index (κ3) is 5.07. The summed E-state index contributed by atoms with van der Waals surface area (Å²) in [6.45, 7) is 3.56. The van der Waals surface area contributed by atoms with Gasteiger partial charge in [-0.25, -0.2) is 9.78 Å². The smallest absolute Gasteiger partial charge is 0.418 e. The number of anilines is 1. The average Bonchev–Trinajstić information content (AvgIpc) is 3.38. The SMILES string of the molecule is O=C(c1cc2c(ccc3ccccc32)oc1=O)N(CCCN1CCOCC1)c1nc2c(C(F)(F)F)cccc2s1. The minimum atomic E-state index is -4.60. The largest absolute Gasteiger partial charge is 0.422 e. The maximum atomic E-state index is 14.0. The monoisotopic (exact) mass is 567 g/mol. The van der Waals surface area contributed by atoms with E-state index in [-0.39, 0.29) is 22.8 Å². The van der Waals surface area contributed by atoms with Crippen LogP contribution < -0.4 is 10.5 Å². The van der Waals surface area contributed by atoms with Gasteiger partial charge in [0.2, 0.25) is 0 Å². The second-order valence-corrected chi connectivity index (χ2v) is 10.6. The van der Waals surface area contributed by atoms with Gasteiger partial charge in [0.1, 0.15) is 11.1 Å². The summed E-state index contributed by atoms with van der Waals surface area (Å²) in [4.78, 5) is 34.8. The van der Waals surface area contributed by atoms with Gasteiger partial charge in [0.15, 0.2) is 5.13 Å². The molecule has 11 heteroatoms. The maximum absolute atomic E-state index is 14.0. The highest BCUT2D eigenvalue weighted by Gasteiger charge is 2.34. The number of alkyl halides is 3. The van der Waals surface area contributed by atoms with Crippen LogP contribution in [0.1, 0.15) is 22.3 Å². The molecule has 0 saturated carbocycles. The molecule has 5 aromatic rings. The summed E-state index contributed by atoms with van der Waals surface area (Å²) < 4.78 is 52.3. The second kappa shape index (κ2) is 10.6. The molecule has 40 heavy (non-hydrogen) atoms. The number of carbonyl (C=O) groups excluding carboxylic acids is 1. The Kier molecular flexibility index (Phi) is 7.03. The van der Waals surface area contributed by atoms with E-state index in [9.17, 15) is 22.8 Å². The van der Waals surface area contributed by atoms with E-state index in [1.54, 1.807) is 12.1 Å². The van der Waals surface area contributed by atoms with Gasteiger partial charge in [0, 0.05) is 31.6 Å². The van der Waals surface area contributed by atoms with Gasteiger partial charge in [-0.3, -0.25) is 14.6 Å². The molecule has 3 aromatic carbocycles. The first-order valence-corrected chi connectivity index (χ1v) is 13.7. The number of para-hydroxylation sites is 1. The van der Waals surface area contributed by atoms with Crippen molar-refractivity contribution in [2.24, 2.45) is 0 Å². The van der Waals surface area contributed by atoms with Gasteiger partial charge < -0.3 is 9.15 Å². The molecule has 0 aliphatic carbocycles. The van der Waals surface area contributed by atoms with Crippen molar-refractivity contribution in [3.63, 3.8) is 0 Å². The lowest BCUT2D eigenvalue weighted by molar-refractivity contribution is -0.136. The fraction of sp³-hybridized carbons (Fsp3) is 0.276. The van der Waals surface area contributed by atoms with Crippen LogP contribution in [-0.4, -0.2) is 55.2 Å². The van der Waals surface area contributed by atoms with Crippen LogP contribution in [-0.2, 0) is 10.9 Å². The number of morpholine rings is 1. The van der Waals surface area contributed by atoms with Crippen LogP contribution in [0.5, 0.6) is 0 Å². The Morgan fingerprint density at radius 2 is 1.82 bits per heavy atom. The summed E-state index contributed by atoms with van der Waals surface area (Å²) in [5.74, 6) is -0.668. The van der Waals surface area contributed by atoms with E-state index >= 15 is 0 Å². The first kappa shape index (κ1) is 26.4. The molecule has 0 unspecified atom stereocenters. The fourth-order valence-corrected chi connectivity index (χ4v) is 6.03. The zero-order valence-corrected chi connectivity index (χ0v) is 22.1. The molecule has 0 radical (unpaired) electrons. The topological polar surface area (TPSA) is 75.9 Å². The lowest BCUT2D eigenvalue weighted by Crippen LogP contribution is -2.40. The number of amides is 1. The fourth-order valence-electron chi connectivity index (χ4n) is 5.01. The number of aromatic nitrogens is 1. The molecule has 1 amide bonds. The number of nitrogens with zero attached hydrogens (tertiary/aromatic N) is 3. The summed E-state index contributed by atoms with van der Waals surface area (Å²) >= 11 is 0.984. The summed E-state index contributed by atoms with van der Waals surface area (Å²) in [5, 5.41) is 2.41. The first-order valence-electron chi connectivity index (χ1n) is 12.8. The molecule has 2 aromatic heterocycles. The predicted octanol–water partition coefficient (Wildman–Crippen LogP) is 5.94. The quantitative estimate of drug-likeness (QED) is 0.187. The molecule has 7 nitrogen and oxygen atoms in total. The molecule has 1 saturated heterocycles. The van der Waals surface area contributed by atoms with E-state index in [1.807, 2.05) is 30.3 Å². The van der Waals surface area contributed by atoms with Crippen molar-refractivity contribution in [3.8, 4) is 0 Å². The number of halogens is 3. The van der Waals surface area contributed by atoms with Crippen molar-refractivity contribution in [2.75, 3.05) is 44.3 Å². The lowest BCUT2D eigenvalue weighted by Gasteiger charge is -2.27. The van der Waals surface area contributed by atoms with Crippen molar-refractivity contribution < 1.29 is 27.1 Å². The zero-order chi connectivity index (χ0) is 27.9. The Bertz CT molecular complexity index is 1780. The Morgan fingerprint density at radius 1 is 1.02 bits per heavy atom. The van der Waals surface area contributed by atoms with Gasteiger partial charge in [-0.2, -0.15) is 13.2 Å². The maximum Gasteiger partial charge on any atom is 0.418 e. The van der Waals surface area contributed by atoms with E-state index in [0.717, 1.165) is 41.3 Å². The van der Waals surface area contributed by atoms with Crippen molar-refractivity contribution >= 4 is 54.3 Å². The van der Waals surface area contributed by atoms with Crippen LogP contribution in [0.25, 0.3) is 32.0 Å². The Hall–Kier alpha value is -3.80. The van der Waals surface area contributed by atoms with Crippen molar-refractivity contribution in [1.29, 1.82) is 0 Å². The van der Waals surface area contributed by atoms with E-state index in [1.165, 1.54) is 17.0 Å². The number of fused-ring (bicyclic) bond motifs is 4. The number of carbonyl (C=O) groups is 1. The molecular weight excluding hydrogens is 543 g/mol. The van der Waals surface area contributed by atoms with Gasteiger partial charge in [0.25, 0.3) is 5.91 Å². The van der Waals surface area contributed by atoms with Crippen LogP contribution in [0, 0.1) is 0 Å². The van der Waals surface area contributed by atoms with Crippen LogP contribution in [0.3, 0.4) is 0 Å². The van der Waals surface area contributed by atoms with Crippen LogP contribution >= 0.6 is 11.3 Å². The van der Waals surface area contributed by atoms with Crippen LogP contribution in [0.2, 0.25) is 0 Å². The molecule has 6 rings (SSSR count). The number of rotatable bonds is 6. The predicted molar refractivity (Wildman–Crippen MR) is 148 cm³/mol. The molecule has 0 bridgehead atoms. The molecular formula is C29H24F3N3O4S. The van der Waals surface area contributed by atoms with E-state index in [0.29, 0.717) is 41.8 Å². The van der Waals surface area contributed by atoms with Gasteiger partial charge in [0.05, 0.1) is 29.0 Å². The van der Waals surface area contributed by atoms with Gasteiger partial charge in [-0.15, -0.1) is 0 Å². The highest BCUT2D eigenvalue weighted by atomic mass is 32.1. The third-order valence-electron chi connectivity index (χ3n) is 7.02. The lowest BCUT2D eigenvalue weighted by atomic mass is 10.0. The van der Waals surface area contributed by atoms with Gasteiger partial charge in [-0.1, -0.05) is 47.7 Å². The molecule has 0 N–H and O–H groups in total. The van der Waals surface area contributed by atoms with Gasteiger partial charge >= 0.3 is 11.8 Å². The summed E-state index contributed by atoms with van der Waals surface area (Å²) in [6.07, 6.45) is -4.08. The summed E-state index contributed by atoms with van der Waals surface area (Å²) in [7, 11) is 0. The van der Waals surface area contributed by atoms with E-state index in [4.69, 9.17) is 9.15 Å². The molecule has 206 valence electrons. The number of thiazole rings is 1. The minimum absolute atomic E-state index is 0.0936. The summed E-state index contributed by atoms with van der Waals surface area (Å²) in [6, 6.07) is 16.4. The van der Waals surface area contributed by atoms with Crippen molar-refractivity contribution in [3.05, 3.63) is 82.2 Å². The number of benzene rings is 3. The van der Waals surface area contributed by atoms with Crippen LogP contribution in [0.15, 0.2) is 69.9 Å². The highest BCUT2D eigenvalue weighted by molar-refractivity contribution is 7.22. The molecule has 3 heterocycles. The standard InChI is InChI=1S/C29H24F3N3O4S/c30-29(31,32)22-7-3-8-24-25(22)33-28(40-24)35(12-4-11-34-13-15-38-16-14-34)26(36)21-17-20-19-6-2-1-5-18(19)9-10-23(20)39-27(21)37/h1-3,5-10,17H,4,11-16H2. The second-order valence-electron chi connectivity index (χ2n) is 9.56. The highest BCUT2D eigenvalue weighted by Crippen LogP contribution is 2.39. The molecule has 0 atom stereocenters. The minimum Gasteiger partial charge on any atom is -0.422 e. The Labute approximate surface area is 230 Å². The van der Waals surface area contributed by atoms with E-state index in [2.05, 4.69) is 9.88 Å². The molecule has 1 aliphatic heterocycles. The normalized spacial score (nSPS) is 14.8. The number of hydrogen-bond acceptors (Lipinski definition) is 7. The summed E-state index contributed by atoms with van der Waals surface area (Å²) in [5.41, 5.74) is -1.77. The average molecular weight is 568 g/mol. The zero-order valence-electron chi connectivity index (χ0n) is 21.2. The van der Waals surface area contributed by atoms with Gasteiger partial charge in [-0.05, 0) is 41.5 Å².